The second kappa shape index (κ2) is 6.81. The first-order valence-electron chi connectivity index (χ1n) is 7.61. The minimum atomic E-state index is -0.826. The zero-order chi connectivity index (χ0) is 16.3. The van der Waals surface area contributed by atoms with Gasteiger partial charge in [-0.25, -0.2) is 4.79 Å². The van der Waals surface area contributed by atoms with Crippen LogP contribution in [0.1, 0.15) is 25.8 Å². The van der Waals surface area contributed by atoms with E-state index in [1.807, 2.05) is 27.1 Å². The van der Waals surface area contributed by atoms with Crippen molar-refractivity contribution in [1.29, 1.82) is 0 Å². The molecule has 2 N–H and O–H groups in total. The van der Waals surface area contributed by atoms with E-state index in [-0.39, 0.29) is 24.5 Å². The minimum absolute atomic E-state index is 0.0304. The van der Waals surface area contributed by atoms with Crippen LogP contribution in [0.4, 0.5) is 4.79 Å². The molecule has 0 bridgehead atoms. The van der Waals surface area contributed by atoms with Crippen molar-refractivity contribution in [3.05, 3.63) is 18.0 Å². The Morgan fingerprint density at radius 1 is 1.50 bits per heavy atom. The number of hydrogen-bond donors (Lipinski definition) is 2. The summed E-state index contributed by atoms with van der Waals surface area (Å²) >= 11 is 0. The third-order valence-corrected chi connectivity index (χ3v) is 3.97. The summed E-state index contributed by atoms with van der Waals surface area (Å²) in [4.78, 5) is 25.1. The van der Waals surface area contributed by atoms with Crippen molar-refractivity contribution in [2.45, 2.75) is 32.7 Å². The standard InChI is InChI=1S/C15H24N4O3/c1-10-4-13(14(20)21)9-19(7-10)15(22)17-11(2)5-12-6-16-18(3)8-12/h6,8,10-11,13H,4-5,7,9H2,1-3H3,(H,17,22)(H,20,21). The predicted octanol–water partition coefficient (Wildman–Crippen LogP) is 1.10. The van der Waals surface area contributed by atoms with E-state index in [2.05, 4.69) is 10.4 Å². The zero-order valence-electron chi connectivity index (χ0n) is 13.3. The molecular weight excluding hydrogens is 284 g/mol. The maximum atomic E-state index is 12.3. The summed E-state index contributed by atoms with van der Waals surface area (Å²) in [6.45, 7) is 4.81. The normalized spacial score (nSPS) is 23.1. The number of aromatic nitrogens is 2. The number of carboxylic acids is 1. The summed E-state index contributed by atoms with van der Waals surface area (Å²) in [5.41, 5.74) is 1.06. The van der Waals surface area contributed by atoms with Crippen LogP contribution in [0.5, 0.6) is 0 Å². The number of rotatable bonds is 4. The molecule has 2 heterocycles. The number of likely N-dealkylation sites (tertiary alicyclic amines) is 1. The Labute approximate surface area is 130 Å². The van der Waals surface area contributed by atoms with Crippen molar-refractivity contribution in [3.8, 4) is 0 Å². The zero-order valence-corrected chi connectivity index (χ0v) is 13.3. The molecule has 3 atom stereocenters. The van der Waals surface area contributed by atoms with Gasteiger partial charge in [0.1, 0.15) is 0 Å². The monoisotopic (exact) mass is 308 g/mol. The van der Waals surface area contributed by atoms with Gasteiger partial charge in [-0.05, 0) is 31.2 Å². The van der Waals surface area contributed by atoms with Gasteiger partial charge >= 0.3 is 12.0 Å². The SMILES string of the molecule is CC1CC(C(=O)O)CN(C(=O)NC(C)Cc2cnn(C)c2)C1. The Morgan fingerprint density at radius 3 is 2.82 bits per heavy atom. The number of carbonyl (C=O) groups excluding carboxylic acids is 1. The molecule has 1 saturated heterocycles. The summed E-state index contributed by atoms with van der Waals surface area (Å²) in [5.74, 6) is -1.09. The number of aliphatic carboxylic acids is 1. The smallest absolute Gasteiger partial charge is 0.317 e. The van der Waals surface area contributed by atoms with Crippen LogP contribution in [0.3, 0.4) is 0 Å². The molecule has 0 spiro atoms. The molecule has 1 aromatic heterocycles. The first-order valence-corrected chi connectivity index (χ1v) is 7.61. The Balaban J connectivity index is 1.89. The Morgan fingerprint density at radius 2 is 2.23 bits per heavy atom. The number of carbonyl (C=O) groups is 2. The van der Waals surface area contributed by atoms with Gasteiger partial charge in [0.2, 0.25) is 0 Å². The van der Waals surface area contributed by atoms with Gasteiger partial charge in [0, 0.05) is 32.4 Å². The lowest BCUT2D eigenvalue weighted by molar-refractivity contribution is -0.143. The van der Waals surface area contributed by atoms with Crippen molar-refractivity contribution >= 4 is 12.0 Å². The highest BCUT2D eigenvalue weighted by Gasteiger charge is 2.32. The number of piperidine rings is 1. The topological polar surface area (TPSA) is 87.5 Å². The first kappa shape index (κ1) is 16.3. The maximum absolute atomic E-state index is 12.3. The average molecular weight is 308 g/mol. The van der Waals surface area contributed by atoms with Gasteiger partial charge in [0.15, 0.2) is 0 Å². The Hall–Kier alpha value is -2.05. The van der Waals surface area contributed by atoms with E-state index < -0.39 is 11.9 Å². The molecular formula is C15H24N4O3. The van der Waals surface area contributed by atoms with Gasteiger partial charge in [-0.1, -0.05) is 6.92 Å². The van der Waals surface area contributed by atoms with E-state index >= 15 is 0 Å². The van der Waals surface area contributed by atoms with Gasteiger partial charge < -0.3 is 15.3 Å². The summed E-state index contributed by atoms with van der Waals surface area (Å²) in [6.07, 6.45) is 5.04. The van der Waals surface area contributed by atoms with E-state index in [0.717, 1.165) is 5.56 Å². The Bertz CT molecular complexity index is 543. The van der Waals surface area contributed by atoms with Crippen LogP contribution in [-0.2, 0) is 18.3 Å². The largest absolute Gasteiger partial charge is 0.481 e. The lowest BCUT2D eigenvalue weighted by atomic mass is 9.91. The first-order chi connectivity index (χ1) is 10.3. The Kier molecular flexibility index (Phi) is 5.05. The fourth-order valence-electron chi connectivity index (χ4n) is 2.98. The van der Waals surface area contributed by atoms with Crippen LogP contribution in [0.2, 0.25) is 0 Å². The van der Waals surface area contributed by atoms with Crippen molar-refractivity contribution in [2.24, 2.45) is 18.9 Å². The van der Waals surface area contributed by atoms with Gasteiger partial charge in [-0.2, -0.15) is 5.10 Å². The molecule has 2 rings (SSSR count). The molecule has 122 valence electrons. The van der Waals surface area contributed by atoms with Gasteiger partial charge in [-0.3, -0.25) is 9.48 Å². The predicted molar refractivity (Wildman–Crippen MR) is 81.4 cm³/mol. The lowest BCUT2D eigenvalue weighted by Crippen LogP contribution is -2.51. The summed E-state index contributed by atoms with van der Waals surface area (Å²) < 4.78 is 1.73. The maximum Gasteiger partial charge on any atom is 0.317 e. The molecule has 1 aromatic rings. The van der Waals surface area contributed by atoms with Crippen molar-refractivity contribution in [2.75, 3.05) is 13.1 Å². The van der Waals surface area contributed by atoms with Crippen molar-refractivity contribution in [3.63, 3.8) is 0 Å². The second-order valence-corrected chi connectivity index (χ2v) is 6.36. The molecule has 0 saturated carbocycles. The molecule has 2 amide bonds. The highest BCUT2D eigenvalue weighted by molar-refractivity contribution is 5.76. The number of hydrogen-bond acceptors (Lipinski definition) is 3. The molecule has 0 aromatic carbocycles. The fraction of sp³-hybridized carbons (Fsp3) is 0.667. The molecule has 0 aliphatic carbocycles. The molecule has 7 nitrogen and oxygen atoms in total. The molecule has 1 fully saturated rings. The van der Waals surface area contributed by atoms with Crippen LogP contribution in [0.15, 0.2) is 12.4 Å². The molecule has 1 aliphatic rings. The van der Waals surface area contributed by atoms with E-state index in [0.29, 0.717) is 19.4 Å². The third-order valence-electron chi connectivity index (χ3n) is 3.97. The highest BCUT2D eigenvalue weighted by atomic mass is 16.4. The summed E-state index contributed by atoms with van der Waals surface area (Å²) in [6, 6.07) is -0.216. The van der Waals surface area contributed by atoms with Crippen molar-refractivity contribution in [1.82, 2.24) is 20.0 Å². The van der Waals surface area contributed by atoms with Gasteiger partial charge in [0.05, 0.1) is 12.1 Å². The molecule has 3 unspecified atom stereocenters. The summed E-state index contributed by atoms with van der Waals surface area (Å²) in [5, 5.41) is 16.2. The number of carboxylic acid groups (broad SMARTS) is 1. The summed E-state index contributed by atoms with van der Waals surface area (Å²) in [7, 11) is 1.86. The highest BCUT2D eigenvalue weighted by Crippen LogP contribution is 2.21. The number of nitrogens with zero attached hydrogens (tertiary/aromatic N) is 3. The van der Waals surface area contributed by atoms with E-state index in [1.54, 1.807) is 15.8 Å². The van der Waals surface area contributed by atoms with Crippen molar-refractivity contribution < 1.29 is 14.7 Å². The number of nitrogens with one attached hydrogen (secondary N) is 1. The van der Waals surface area contributed by atoms with E-state index in [9.17, 15) is 9.59 Å². The molecule has 1 aliphatic heterocycles. The molecule has 0 radical (unpaired) electrons. The quantitative estimate of drug-likeness (QED) is 0.872. The molecule has 7 heteroatoms. The number of urea groups is 1. The van der Waals surface area contributed by atoms with Crippen LogP contribution in [0.25, 0.3) is 0 Å². The van der Waals surface area contributed by atoms with E-state index in [1.165, 1.54) is 0 Å². The number of amides is 2. The van der Waals surface area contributed by atoms with Gasteiger partial charge in [0.25, 0.3) is 0 Å². The second-order valence-electron chi connectivity index (χ2n) is 6.36. The fourth-order valence-corrected chi connectivity index (χ4v) is 2.98. The minimum Gasteiger partial charge on any atom is -0.481 e. The van der Waals surface area contributed by atoms with Crippen LogP contribution in [-0.4, -0.2) is 50.9 Å². The lowest BCUT2D eigenvalue weighted by Gasteiger charge is -2.35. The van der Waals surface area contributed by atoms with Crippen LogP contribution in [0, 0.1) is 11.8 Å². The van der Waals surface area contributed by atoms with Crippen LogP contribution >= 0.6 is 0 Å². The van der Waals surface area contributed by atoms with E-state index in [4.69, 9.17) is 5.11 Å². The number of aryl methyl sites for hydroxylation is 1. The van der Waals surface area contributed by atoms with Gasteiger partial charge in [-0.15, -0.1) is 0 Å². The molecule has 22 heavy (non-hydrogen) atoms. The average Bonchev–Trinajstić information content (AvgIpc) is 2.83. The third kappa shape index (κ3) is 4.22. The van der Waals surface area contributed by atoms with Crippen LogP contribution < -0.4 is 5.32 Å².